The minimum atomic E-state index is -3.70. The standard InChI is InChI=1S/C12H20N2O5S/c1-12(2,16)8-14(5)11(15)9-6-7-10(19-9)20(17,18)13(3)4/h6-7,16H,8H2,1-5H3. The summed E-state index contributed by atoms with van der Waals surface area (Å²) in [5, 5.41) is 9.37. The third-order valence-corrected chi connectivity index (χ3v) is 4.19. The van der Waals surface area contributed by atoms with E-state index in [0.717, 1.165) is 4.31 Å². The molecule has 1 aromatic rings. The zero-order chi connectivity index (χ0) is 15.7. The number of sulfonamides is 1. The summed E-state index contributed by atoms with van der Waals surface area (Å²) in [6, 6.07) is 2.54. The molecule has 0 fully saturated rings. The van der Waals surface area contributed by atoms with Crippen molar-refractivity contribution in [2.75, 3.05) is 27.7 Å². The molecule has 114 valence electrons. The molecule has 1 rings (SSSR count). The summed E-state index contributed by atoms with van der Waals surface area (Å²) in [6.07, 6.45) is 0. The fourth-order valence-electron chi connectivity index (χ4n) is 1.59. The first-order chi connectivity index (χ1) is 8.95. The maximum absolute atomic E-state index is 12.0. The Morgan fingerprint density at radius 1 is 1.30 bits per heavy atom. The second-order valence-electron chi connectivity index (χ2n) is 5.38. The van der Waals surface area contributed by atoms with Crippen LogP contribution >= 0.6 is 0 Å². The van der Waals surface area contributed by atoms with Crippen molar-refractivity contribution in [1.29, 1.82) is 0 Å². The lowest BCUT2D eigenvalue weighted by atomic mass is 10.1. The average molecular weight is 304 g/mol. The van der Waals surface area contributed by atoms with E-state index in [9.17, 15) is 18.3 Å². The van der Waals surface area contributed by atoms with Gasteiger partial charge in [-0.15, -0.1) is 0 Å². The molecule has 0 bridgehead atoms. The fraction of sp³-hybridized carbons (Fsp3) is 0.583. The van der Waals surface area contributed by atoms with Crippen LogP contribution in [0.25, 0.3) is 0 Å². The van der Waals surface area contributed by atoms with Crippen molar-refractivity contribution >= 4 is 15.9 Å². The lowest BCUT2D eigenvalue weighted by Crippen LogP contribution is -2.39. The SMILES string of the molecule is CN(CC(C)(C)O)C(=O)c1ccc(S(=O)(=O)N(C)C)o1. The minimum Gasteiger partial charge on any atom is -0.438 e. The zero-order valence-electron chi connectivity index (χ0n) is 12.2. The molecule has 0 radical (unpaired) electrons. The highest BCUT2D eigenvalue weighted by molar-refractivity contribution is 7.88. The molecule has 1 aromatic heterocycles. The number of nitrogens with zero attached hydrogens (tertiary/aromatic N) is 2. The van der Waals surface area contributed by atoms with Crippen LogP contribution in [-0.4, -0.2) is 61.9 Å². The molecule has 0 atom stereocenters. The highest BCUT2D eigenvalue weighted by Gasteiger charge is 2.26. The van der Waals surface area contributed by atoms with Crippen molar-refractivity contribution in [3.63, 3.8) is 0 Å². The Morgan fingerprint density at radius 2 is 1.85 bits per heavy atom. The van der Waals surface area contributed by atoms with Crippen LogP contribution in [0.5, 0.6) is 0 Å². The van der Waals surface area contributed by atoms with E-state index in [2.05, 4.69) is 0 Å². The Labute approximate surface area is 118 Å². The molecule has 8 heteroatoms. The van der Waals surface area contributed by atoms with Gasteiger partial charge in [-0.3, -0.25) is 4.79 Å². The van der Waals surface area contributed by atoms with E-state index in [1.54, 1.807) is 13.8 Å². The molecule has 0 aliphatic heterocycles. The van der Waals surface area contributed by atoms with Crippen LogP contribution in [0, 0.1) is 0 Å². The number of hydrogen-bond donors (Lipinski definition) is 1. The number of amides is 1. The monoisotopic (exact) mass is 304 g/mol. The molecule has 7 nitrogen and oxygen atoms in total. The first kappa shape index (κ1) is 16.7. The number of carbonyl (C=O) groups excluding carboxylic acids is 1. The van der Waals surface area contributed by atoms with Gasteiger partial charge in [-0.2, -0.15) is 0 Å². The van der Waals surface area contributed by atoms with Crippen LogP contribution in [0.15, 0.2) is 21.6 Å². The summed E-state index contributed by atoms with van der Waals surface area (Å²) >= 11 is 0. The lowest BCUT2D eigenvalue weighted by molar-refractivity contribution is 0.0349. The lowest BCUT2D eigenvalue weighted by Gasteiger charge is -2.24. The third kappa shape index (κ3) is 3.81. The highest BCUT2D eigenvalue weighted by Crippen LogP contribution is 2.18. The van der Waals surface area contributed by atoms with Crippen LogP contribution in [0.4, 0.5) is 0 Å². The number of carbonyl (C=O) groups is 1. The van der Waals surface area contributed by atoms with Gasteiger partial charge in [0.1, 0.15) is 0 Å². The van der Waals surface area contributed by atoms with Gasteiger partial charge in [0.25, 0.3) is 15.9 Å². The summed E-state index contributed by atoms with van der Waals surface area (Å²) in [4.78, 5) is 13.3. The fourth-order valence-corrected chi connectivity index (χ4v) is 2.39. The van der Waals surface area contributed by atoms with E-state index in [4.69, 9.17) is 4.42 Å². The molecular weight excluding hydrogens is 284 g/mol. The molecule has 1 N–H and O–H groups in total. The van der Waals surface area contributed by atoms with E-state index in [0.29, 0.717) is 0 Å². The maximum atomic E-state index is 12.0. The molecule has 0 saturated carbocycles. The predicted octanol–water partition coefficient (Wildman–Crippen LogP) is 0.373. The van der Waals surface area contributed by atoms with E-state index in [-0.39, 0.29) is 17.4 Å². The maximum Gasteiger partial charge on any atom is 0.289 e. The second-order valence-corrected chi connectivity index (χ2v) is 7.46. The Bertz CT molecular complexity index is 583. The Hall–Kier alpha value is -1.38. The average Bonchev–Trinajstić information content (AvgIpc) is 2.74. The van der Waals surface area contributed by atoms with E-state index in [1.165, 1.54) is 38.2 Å². The normalized spacial score (nSPS) is 12.8. The molecule has 0 saturated heterocycles. The molecule has 1 amide bonds. The summed E-state index contributed by atoms with van der Waals surface area (Å²) in [5.74, 6) is -0.579. The number of rotatable bonds is 5. The van der Waals surface area contributed by atoms with Gasteiger partial charge in [0.15, 0.2) is 5.76 Å². The largest absolute Gasteiger partial charge is 0.438 e. The van der Waals surface area contributed by atoms with Gasteiger partial charge in [0.2, 0.25) is 5.09 Å². The number of furan rings is 1. The third-order valence-electron chi connectivity index (χ3n) is 2.50. The molecular formula is C12H20N2O5S. The van der Waals surface area contributed by atoms with Crippen LogP contribution in [0.2, 0.25) is 0 Å². The number of likely N-dealkylation sites (N-methyl/N-ethyl adjacent to an activating group) is 1. The van der Waals surface area contributed by atoms with Crippen molar-refractivity contribution in [2.45, 2.75) is 24.5 Å². The van der Waals surface area contributed by atoms with Crippen molar-refractivity contribution in [2.24, 2.45) is 0 Å². The van der Waals surface area contributed by atoms with E-state index in [1.807, 2.05) is 0 Å². The highest BCUT2D eigenvalue weighted by atomic mass is 32.2. The first-order valence-corrected chi connectivity index (χ1v) is 7.39. The van der Waals surface area contributed by atoms with Gasteiger partial charge >= 0.3 is 0 Å². The van der Waals surface area contributed by atoms with Gasteiger partial charge in [-0.05, 0) is 26.0 Å². The van der Waals surface area contributed by atoms with Crippen LogP contribution in [0.3, 0.4) is 0 Å². The second kappa shape index (κ2) is 5.55. The summed E-state index contributed by atoms with van der Waals surface area (Å²) in [7, 11) is 0.549. The Balaban J connectivity index is 2.96. The summed E-state index contributed by atoms with van der Waals surface area (Å²) in [5.41, 5.74) is -1.05. The van der Waals surface area contributed by atoms with Crippen molar-refractivity contribution in [1.82, 2.24) is 9.21 Å². The van der Waals surface area contributed by atoms with Gasteiger partial charge in [0.05, 0.1) is 5.60 Å². The Kier molecular flexibility index (Phi) is 4.62. The quantitative estimate of drug-likeness (QED) is 0.849. The minimum absolute atomic E-state index is 0.0859. The number of aliphatic hydroxyl groups is 1. The molecule has 0 aromatic carbocycles. The van der Waals surface area contributed by atoms with Crippen molar-refractivity contribution in [3.05, 3.63) is 17.9 Å². The predicted molar refractivity (Wildman–Crippen MR) is 72.8 cm³/mol. The van der Waals surface area contributed by atoms with Crippen molar-refractivity contribution in [3.8, 4) is 0 Å². The summed E-state index contributed by atoms with van der Waals surface area (Å²) < 4.78 is 29.8. The molecule has 1 heterocycles. The van der Waals surface area contributed by atoms with Crippen LogP contribution in [0.1, 0.15) is 24.4 Å². The molecule has 20 heavy (non-hydrogen) atoms. The zero-order valence-corrected chi connectivity index (χ0v) is 13.1. The smallest absolute Gasteiger partial charge is 0.289 e. The molecule has 0 aliphatic rings. The molecule has 0 aliphatic carbocycles. The van der Waals surface area contributed by atoms with E-state index < -0.39 is 21.5 Å². The van der Waals surface area contributed by atoms with Crippen LogP contribution in [-0.2, 0) is 10.0 Å². The van der Waals surface area contributed by atoms with Gasteiger partial charge < -0.3 is 14.4 Å². The topological polar surface area (TPSA) is 91.1 Å². The van der Waals surface area contributed by atoms with Gasteiger partial charge in [-0.1, -0.05) is 0 Å². The first-order valence-electron chi connectivity index (χ1n) is 5.95. The van der Waals surface area contributed by atoms with Gasteiger partial charge in [-0.25, -0.2) is 12.7 Å². The molecule has 0 spiro atoms. The summed E-state index contributed by atoms with van der Waals surface area (Å²) in [6.45, 7) is 3.24. The molecule has 0 unspecified atom stereocenters. The Morgan fingerprint density at radius 3 is 2.30 bits per heavy atom. The van der Waals surface area contributed by atoms with Crippen molar-refractivity contribution < 1.29 is 22.7 Å². The van der Waals surface area contributed by atoms with E-state index >= 15 is 0 Å². The van der Waals surface area contributed by atoms with Gasteiger partial charge in [0, 0.05) is 27.7 Å². The number of hydrogen-bond acceptors (Lipinski definition) is 5. The van der Waals surface area contributed by atoms with Crippen LogP contribution < -0.4 is 0 Å².